The third kappa shape index (κ3) is 3.54. The highest BCUT2D eigenvalue weighted by molar-refractivity contribution is 6.61. The van der Waals surface area contributed by atoms with Crippen LogP contribution in [0.5, 0.6) is 11.5 Å². The molecule has 0 aliphatic heterocycles. The van der Waals surface area contributed by atoms with Crippen LogP contribution >= 0.6 is 0 Å². The van der Waals surface area contributed by atoms with Crippen molar-refractivity contribution in [1.29, 1.82) is 0 Å². The van der Waals surface area contributed by atoms with Gasteiger partial charge >= 0.3 is 14.2 Å². The minimum Gasteiger partial charge on any atom is -0.532 e. The number of hydrogen-bond acceptors (Lipinski definition) is 5. The van der Waals surface area contributed by atoms with Gasteiger partial charge in [0.2, 0.25) is 0 Å². The Kier molecular flexibility index (Phi) is 4.68. The molecule has 2 aromatic rings. The Morgan fingerprint density at radius 1 is 0.850 bits per heavy atom. The molecule has 0 bridgehead atoms. The first-order valence-corrected chi connectivity index (χ1v) is 6.05. The number of ether oxygens (including phenoxy) is 1. The van der Waals surface area contributed by atoms with Crippen LogP contribution < -0.4 is 20.3 Å². The molecule has 102 valence electrons. The summed E-state index contributed by atoms with van der Waals surface area (Å²) in [6.45, 7) is 0. The quantitative estimate of drug-likeness (QED) is 0.617. The highest BCUT2D eigenvalue weighted by atomic mass is 16.5. The molecular weight excluding hydrogens is 258 g/mol. The summed E-state index contributed by atoms with van der Waals surface area (Å²) in [6, 6.07) is 13.1. The molecule has 0 atom stereocenters. The standard InChI is InChI=1S/C13H14B2O5/c1-19-12-7-5-10(6-8-12)15(18)20-13-4-2-3-11(9-13)14(16)17/h2-9,16-18H,1H3. The molecule has 0 spiro atoms. The van der Waals surface area contributed by atoms with Gasteiger partial charge in [0.05, 0.1) is 7.11 Å². The topological polar surface area (TPSA) is 79.2 Å². The summed E-state index contributed by atoms with van der Waals surface area (Å²) in [5, 5.41) is 28.1. The van der Waals surface area contributed by atoms with Gasteiger partial charge in [0.15, 0.2) is 0 Å². The Morgan fingerprint density at radius 2 is 1.55 bits per heavy atom. The maximum atomic E-state index is 9.98. The molecular formula is C13H14B2O5. The van der Waals surface area contributed by atoms with Crippen molar-refractivity contribution >= 4 is 25.2 Å². The molecule has 0 unspecified atom stereocenters. The van der Waals surface area contributed by atoms with Crippen molar-refractivity contribution < 1.29 is 24.5 Å². The Labute approximate surface area is 117 Å². The van der Waals surface area contributed by atoms with Crippen LogP contribution in [0.3, 0.4) is 0 Å². The minimum absolute atomic E-state index is 0.296. The lowest BCUT2D eigenvalue weighted by Crippen LogP contribution is -2.37. The Bertz CT molecular complexity index is 559. The predicted molar refractivity (Wildman–Crippen MR) is 77.5 cm³/mol. The molecule has 0 saturated heterocycles. The SMILES string of the molecule is COc1ccc(B(O)Oc2cccc(B(O)O)c2)cc1. The van der Waals surface area contributed by atoms with Crippen LogP contribution in [0.4, 0.5) is 0 Å². The average Bonchev–Trinajstić information content (AvgIpc) is 2.47. The minimum atomic E-state index is -1.57. The largest absolute Gasteiger partial charge is 0.560 e. The van der Waals surface area contributed by atoms with E-state index in [0.717, 1.165) is 0 Å². The van der Waals surface area contributed by atoms with Crippen LogP contribution in [0, 0.1) is 0 Å². The monoisotopic (exact) mass is 272 g/mol. The maximum absolute atomic E-state index is 9.98. The van der Waals surface area contributed by atoms with E-state index >= 15 is 0 Å². The molecule has 5 nitrogen and oxygen atoms in total. The Balaban J connectivity index is 2.10. The Morgan fingerprint density at radius 3 is 2.15 bits per heavy atom. The summed E-state index contributed by atoms with van der Waals surface area (Å²) >= 11 is 0. The van der Waals surface area contributed by atoms with Crippen LogP contribution in [0.25, 0.3) is 0 Å². The smallest absolute Gasteiger partial charge is 0.532 e. The van der Waals surface area contributed by atoms with Crippen molar-refractivity contribution in [2.45, 2.75) is 0 Å². The highest BCUT2D eigenvalue weighted by Crippen LogP contribution is 2.10. The number of methoxy groups -OCH3 is 1. The summed E-state index contributed by atoms with van der Waals surface area (Å²) in [6.07, 6.45) is 0. The lowest BCUT2D eigenvalue weighted by molar-refractivity contribution is 0.414. The van der Waals surface area contributed by atoms with E-state index in [1.807, 2.05) is 0 Å². The van der Waals surface area contributed by atoms with Crippen molar-refractivity contribution in [3.8, 4) is 11.5 Å². The van der Waals surface area contributed by atoms with E-state index in [9.17, 15) is 5.02 Å². The second-order valence-corrected chi connectivity index (χ2v) is 4.19. The molecule has 2 aromatic carbocycles. The molecule has 7 heteroatoms. The van der Waals surface area contributed by atoms with Crippen LogP contribution in [0.1, 0.15) is 0 Å². The zero-order valence-corrected chi connectivity index (χ0v) is 10.9. The van der Waals surface area contributed by atoms with Gasteiger partial charge in [0, 0.05) is 0 Å². The fraction of sp³-hybridized carbons (Fsp3) is 0.0769. The van der Waals surface area contributed by atoms with Gasteiger partial charge in [-0.05, 0) is 35.2 Å². The second kappa shape index (κ2) is 6.47. The average molecular weight is 272 g/mol. The predicted octanol–water partition coefficient (Wildman–Crippen LogP) is -0.859. The van der Waals surface area contributed by atoms with E-state index in [2.05, 4.69) is 0 Å². The van der Waals surface area contributed by atoms with Crippen LogP contribution in [-0.4, -0.2) is 36.4 Å². The summed E-state index contributed by atoms with van der Waals surface area (Å²) in [5.41, 5.74) is 0.866. The molecule has 20 heavy (non-hydrogen) atoms. The molecule has 0 radical (unpaired) electrons. The van der Waals surface area contributed by atoms with E-state index in [1.54, 1.807) is 49.6 Å². The van der Waals surface area contributed by atoms with Crippen LogP contribution in [0.15, 0.2) is 48.5 Å². The van der Waals surface area contributed by atoms with Crippen molar-refractivity contribution in [1.82, 2.24) is 0 Å². The van der Waals surface area contributed by atoms with Gasteiger partial charge in [-0.1, -0.05) is 24.3 Å². The number of benzene rings is 2. The fourth-order valence-electron chi connectivity index (χ4n) is 1.71. The molecule has 0 saturated carbocycles. The van der Waals surface area contributed by atoms with Gasteiger partial charge in [0.1, 0.15) is 11.5 Å². The molecule has 0 heterocycles. The third-order valence-corrected chi connectivity index (χ3v) is 2.80. The van der Waals surface area contributed by atoms with Gasteiger partial charge in [-0.15, -0.1) is 0 Å². The van der Waals surface area contributed by atoms with Crippen molar-refractivity contribution in [2.24, 2.45) is 0 Å². The molecule has 0 aliphatic rings. The first-order chi connectivity index (χ1) is 9.60. The van der Waals surface area contributed by atoms with Crippen molar-refractivity contribution in [3.63, 3.8) is 0 Å². The number of hydrogen-bond donors (Lipinski definition) is 3. The summed E-state index contributed by atoms with van der Waals surface area (Å²) in [5.74, 6) is 1.03. The highest BCUT2D eigenvalue weighted by Gasteiger charge is 2.20. The van der Waals surface area contributed by atoms with Gasteiger partial charge < -0.3 is 24.5 Å². The molecule has 0 amide bonds. The van der Waals surface area contributed by atoms with Gasteiger partial charge in [-0.2, -0.15) is 0 Å². The molecule has 0 fully saturated rings. The van der Waals surface area contributed by atoms with E-state index in [-0.39, 0.29) is 0 Å². The van der Waals surface area contributed by atoms with E-state index in [4.69, 9.17) is 19.4 Å². The molecule has 0 aliphatic carbocycles. The van der Waals surface area contributed by atoms with Gasteiger partial charge in [-0.25, -0.2) is 0 Å². The van der Waals surface area contributed by atoms with Crippen LogP contribution in [-0.2, 0) is 0 Å². The summed E-state index contributed by atoms with van der Waals surface area (Å²) in [7, 11) is -1.16. The van der Waals surface area contributed by atoms with Gasteiger partial charge in [0.25, 0.3) is 0 Å². The van der Waals surface area contributed by atoms with Gasteiger partial charge in [-0.3, -0.25) is 0 Å². The third-order valence-electron chi connectivity index (χ3n) is 2.80. The molecule has 0 aromatic heterocycles. The normalized spacial score (nSPS) is 10.0. The molecule has 2 rings (SSSR count). The second-order valence-electron chi connectivity index (χ2n) is 4.19. The molecule has 3 N–H and O–H groups in total. The fourth-order valence-corrected chi connectivity index (χ4v) is 1.71. The Hall–Kier alpha value is -1.95. The van der Waals surface area contributed by atoms with E-state index < -0.39 is 14.2 Å². The van der Waals surface area contributed by atoms with Crippen molar-refractivity contribution in [3.05, 3.63) is 48.5 Å². The van der Waals surface area contributed by atoms with E-state index in [1.165, 1.54) is 6.07 Å². The zero-order chi connectivity index (χ0) is 14.5. The lowest BCUT2D eigenvalue weighted by Gasteiger charge is -2.11. The zero-order valence-electron chi connectivity index (χ0n) is 10.9. The lowest BCUT2D eigenvalue weighted by atomic mass is 9.78. The first-order valence-electron chi connectivity index (χ1n) is 6.05. The van der Waals surface area contributed by atoms with Crippen molar-refractivity contribution in [2.75, 3.05) is 7.11 Å². The first kappa shape index (κ1) is 14.5. The number of rotatable bonds is 5. The summed E-state index contributed by atoms with van der Waals surface area (Å²) in [4.78, 5) is 0. The summed E-state index contributed by atoms with van der Waals surface area (Å²) < 4.78 is 10.4. The maximum Gasteiger partial charge on any atom is 0.560 e. The van der Waals surface area contributed by atoms with E-state index in [0.29, 0.717) is 22.4 Å². The van der Waals surface area contributed by atoms with Crippen LogP contribution in [0.2, 0.25) is 0 Å².